The number of halogens is 1. The molecular weight excluding hydrogens is 1680 g/mol. The predicted octanol–water partition coefficient (Wildman–Crippen LogP) is 19.3. The normalized spacial score (nSPS) is 19.9. The minimum atomic E-state index is -1.29. The first-order chi connectivity index (χ1) is 55.4. The number of piperidine rings is 2. The van der Waals surface area contributed by atoms with Crippen molar-refractivity contribution in [2.24, 2.45) is 0 Å². The van der Waals surface area contributed by atoms with Gasteiger partial charge in [0.2, 0.25) is 0 Å². The molecule has 0 radical (unpaired) electrons. The molecule has 0 N–H and O–H groups in total. The van der Waals surface area contributed by atoms with Crippen LogP contribution in [0.2, 0.25) is 103 Å². The highest BCUT2D eigenvalue weighted by molar-refractivity contribution is 14.1. The van der Waals surface area contributed by atoms with Crippen LogP contribution in [0.4, 0.5) is 21.2 Å². The maximum absolute atomic E-state index is 13.4. The number of pyridine rings is 2. The molecule has 8 aromatic rings. The number of nitrogens with zero attached hydrogens (tertiary/aromatic N) is 12. The number of hydrogen-bond donors (Lipinski definition) is 0. The number of hydrogen-bond acceptors (Lipinski definition) is 20. The van der Waals surface area contributed by atoms with E-state index in [4.69, 9.17) is 72.4 Å². The molecule has 0 aliphatic carbocycles. The van der Waals surface area contributed by atoms with Gasteiger partial charge in [-0.25, -0.2) is 19.6 Å². The average Bonchev–Trinajstić information content (AvgIpc) is 1.18. The van der Waals surface area contributed by atoms with Gasteiger partial charge in [-0.15, -0.1) is 0 Å². The quantitative estimate of drug-likeness (QED) is 0.0192. The molecule has 5 aliphatic heterocycles. The summed E-state index contributed by atoms with van der Waals surface area (Å²) in [6.07, 6.45) is 9.93. The van der Waals surface area contributed by atoms with E-state index in [1.807, 2.05) is 134 Å². The van der Waals surface area contributed by atoms with Gasteiger partial charge in [-0.3, -0.25) is 19.8 Å². The number of benzene rings is 2. The lowest BCUT2D eigenvalue weighted by molar-refractivity contribution is -0.0830. The Kier molecular flexibility index (Phi) is 31.8. The van der Waals surface area contributed by atoms with Gasteiger partial charge in [-0.2, -0.15) is 19.2 Å². The predicted molar refractivity (Wildman–Crippen MR) is 499 cm³/mol. The third-order valence-electron chi connectivity index (χ3n) is 22.1. The zero-order chi connectivity index (χ0) is 85.3. The van der Waals surface area contributed by atoms with Crippen LogP contribution >= 0.6 is 22.6 Å². The van der Waals surface area contributed by atoms with Crippen molar-refractivity contribution in [2.45, 2.75) is 263 Å². The van der Waals surface area contributed by atoms with Crippen LogP contribution in [0, 0.1) is 3.57 Å². The molecule has 4 unspecified atom stereocenters. The highest BCUT2D eigenvalue weighted by atomic mass is 127. The Morgan fingerprint density at radius 3 is 1.21 bits per heavy atom. The molecule has 119 heavy (non-hydrogen) atoms. The summed E-state index contributed by atoms with van der Waals surface area (Å²) in [5.74, 6) is 2.05. The highest BCUT2D eigenvalue weighted by Gasteiger charge is 2.52. The van der Waals surface area contributed by atoms with Gasteiger partial charge in [-0.1, -0.05) is 159 Å². The van der Waals surface area contributed by atoms with E-state index in [0.29, 0.717) is 79.4 Å². The second-order valence-electron chi connectivity index (χ2n) is 40.1. The van der Waals surface area contributed by atoms with Crippen molar-refractivity contribution in [3.63, 3.8) is 0 Å². The van der Waals surface area contributed by atoms with Crippen molar-refractivity contribution in [3.05, 3.63) is 137 Å². The van der Waals surface area contributed by atoms with Crippen LogP contribution in [0.5, 0.6) is 0 Å². The maximum Gasteiger partial charge on any atom is 0.496 e. The highest BCUT2D eigenvalue weighted by Crippen LogP contribution is 2.43. The van der Waals surface area contributed by atoms with E-state index < -0.39 is 43.5 Å². The molecule has 0 spiro atoms. The van der Waals surface area contributed by atoms with Gasteiger partial charge in [0.15, 0.2) is 11.3 Å². The molecule has 4 bridgehead atoms. The van der Waals surface area contributed by atoms with E-state index in [-0.39, 0.29) is 75.4 Å². The van der Waals surface area contributed by atoms with E-state index in [2.05, 4.69) is 192 Å². The number of rotatable bonds is 28. The van der Waals surface area contributed by atoms with Gasteiger partial charge in [0.1, 0.15) is 49.8 Å². The van der Waals surface area contributed by atoms with Crippen LogP contribution in [0.15, 0.2) is 122 Å². The number of aromatic nitrogens is 8. The molecule has 5 fully saturated rings. The Morgan fingerprint density at radius 1 is 0.496 bits per heavy atom. The molecule has 30 heteroatoms. The molecule has 13 rings (SSSR count). The minimum absolute atomic E-state index is 0. The van der Waals surface area contributed by atoms with E-state index >= 15 is 0 Å². The van der Waals surface area contributed by atoms with Crippen molar-refractivity contribution in [1.29, 1.82) is 0 Å². The first kappa shape index (κ1) is 94.7. The lowest BCUT2D eigenvalue weighted by Crippen LogP contribution is -2.59. The van der Waals surface area contributed by atoms with Gasteiger partial charge in [0.25, 0.3) is 0 Å². The number of fused-ring (bicyclic) bond motifs is 6. The van der Waals surface area contributed by atoms with Gasteiger partial charge in [0, 0.05) is 136 Å². The Labute approximate surface area is 728 Å². The third kappa shape index (κ3) is 26.5. The van der Waals surface area contributed by atoms with E-state index in [1.54, 1.807) is 0 Å². The molecule has 5 aliphatic rings. The summed E-state index contributed by atoms with van der Waals surface area (Å²) in [7, 11) is -5.36. The number of morpholine rings is 2. The zero-order valence-corrected chi connectivity index (χ0v) is 80.5. The number of ether oxygens (including phenoxy) is 8. The van der Waals surface area contributed by atoms with Gasteiger partial charge >= 0.3 is 19.3 Å². The van der Waals surface area contributed by atoms with Crippen LogP contribution < -0.4 is 15.3 Å². The van der Waals surface area contributed by atoms with Crippen LogP contribution in [-0.2, 0) is 47.2 Å². The van der Waals surface area contributed by atoms with Crippen LogP contribution in [0.1, 0.15) is 127 Å². The summed E-state index contributed by atoms with van der Waals surface area (Å²) in [6, 6.07) is 36.9. The molecule has 2 aromatic carbocycles. The summed E-state index contributed by atoms with van der Waals surface area (Å²) in [6.45, 7) is 54.5. The lowest BCUT2D eigenvalue weighted by atomic mass is 9.80. The first-order valence-corrected chi connectivity index (χ1v) is 58.2. The van der Waals surface area contributed by atoms with Crippen LogP contribution in [0.3, 0.4) is 0 Å². The van der Waals surface area contributed by atoms with Gasteiger partial charge in [0.05, 0.1) is 89.1 Å². The summed E-state index contributed by atoms with van der Waals surface area (Å²) >= 11 is 2.31. The smallest absolute Gasteiger partial charge is 0.444 e. The molecule has 5 saturated heterocycles. The number of carbonyl (C=O) groups excluding carboxylic acids is 2. The Bertz CT molecular complexity index is 4510. The van der Waals surface area contributed by atoms with Crippen LogP contribution in [0.25, 0.3) is 44.9 Å². The lowest BCUT2D eigenvalue weighted by Gasteiger charge is -2.48. The molecule has 4 atom stereocenters. The standard InChI is InChI=1S/C41H60N6O5Si2.C30H52IN5O5Si2.C17H20BNO2.CH4.H2/c1-41(2,3)52-40(48)46-33-21-32(22-34(46)27-51-26-33)37-23-38(45(28-49-17-19-53(4,5)6)29-50-18-20-54(7,8)9)47-39(44-37)35(25-43-47)31-15-16-36(42-24-31)30-13-11-10-12-14-30;1-30(2,3)41-29(37)35-23-14-22(15-24(35)19-40-18-23)26-16-27(36-28(33-26)25(31)17-32-36)34(20-38-10-12-42(4,5)6)21-39-11-13-43(7,8)9;1-16(2)17(3,4)21-18(20-16)14-10-11-15(19-12-14)13-8-6-5-7-9-13;;/h10-16,23-25,32-34H,17-22,26-29H2,1-9H3;16-17,22-24H,10-15,18-21H2,1-9H3;5-12H,1-4H3;1H4;1H. The number of amides is 2. The average molecular weight is 1820 g/mol. The summed E-state index contributed by atoms with van der Waals surface area (Å²) in [5.41, 5.74) is 8.63. The zero-order valence-electron chi connectivity index (χ0n) is 74.4. The molecule has 2 amide bonds. The van der Waals surface area contributed by atoms with Crippen molar-refractivity contribution >= 4 is 103 Å². The number of carbonyl (C=O) groups is 2. The van der Waals surface area contributed by atoms with Crippen LogP contribution in [-0.4, -0.2) is 227 Å². The van der Waals surface area contributed by atoms with Gasteiger partial charge in [-0.05, 0) is 154 Å². The Morgan fingerprint density at radius 2 is 0.857 bits per heavy atom. The molecule has 0 saturated carbocycles. The maximum atomic E-state index is 13.4. The monoisotopic (exact) mass is 1820 g/mol. The fraction of sp³-hybridized carbons (Fsp3) is 0.596. The van der Waals surface area contributed by atoms with Crippen molar-refractivity contribution < 1.29 is 58.2 Å². The summed E-state index contributed by atoms with van der Waals surface area (Å²) in [4.78, 5) is 54.6. The second kappa shape index (κ2) is 40.0. The topological polar surface area (TPSA) is 226 Å². The van der Waals surface area contributed by atoms with E-state index in [0.717, 1.165) is 127 Å². The van der Waals surface area contributed by atoms with E-state index in [1.165, 1.54) is 0 Å². The van der Waals surface area contributed by atoms with Gasteiger partial charge < -0.3 is 57.0 Å². The molecule has 652 valence electrons. The third-order valence-corrected chi connectivity index (χ3v) is 29.7. The second-order valence-corrected chi connectivity index (χ2v) is 63.8. The Balaban J connectivity index is 0.000000221. The molecule has 6 aromatic heterocycles. The van der Waals surface area contributed by atoms with Crippen molar-refractivity contribution in [3.8, 4) is 33.6 Å². The SMILES string of the molecule is C.CC(C)(C)OC(=O)N1C2COCC1CC(c1cc(N(COCC[Si](C)(C)C)COCC[Si](C)(C)C)n3ncc(-c4ccc(-c5ccccc5)nc4)c3n1)C2.CC(C)(C)OC(=O)N1C2COCC1CC(c1cc(N(COCC[Si](C)(C)C)COCC[Si](C)(C)C)n3ncc(I)c3n1)C2.CC1(C)OB(c2ccc(-c3ccccc3)nc2)OC1(C)C.[HH]. The first-order valence-electron chi connectivity index (χ1n) is 42.2. The molecule has 24 nitrogen and oxygen atoms in total. The molecular formula is C89H138BIN12O12Si4. The summed E-state index contributed by atoms with van der Waals surface area (Å²) in [5, 5.41) is 9.65. The van der Waals surface area contributed by atoms with Crippen molar-refractivity contribution in [1.82, 2.24) is 49.0 Å². The summed E-state index contributed by atoms with van der Waals surface area (Å²) < 4.78 is 65.7. The number of anilines is 2. The Hall–Kier alpha value is -6.54. The molecule has 11 heterocycles. The fourth-order valence-electron chi connectivity index (χ4n) is 14.7. The van der Waals surface area contributed by atoms with Crippen molar-refractivity contribution in [2.75, 3.05) is 89.6 Å². The minimum Gasteiger partial charge on any atom is -0.444 e. The largest absolute Gasteiger partial charge is 0.496 e. The fourth-order valence-corrected chi connectivity index (χ4v) is 18.2. The van der Waals surface area contributed by atoms with E-state index in [9.17, 15) is 9.59 Å².